The van der Waals surface area contributed by atoms with Gasteiger partial charge >= 0.3 is 6.09 Å². The van der Waals surface area contributed by atoms with Crippen LogP contribution in [0.5, 0.6) is 0 Å². The molecule has 0 rings (SSSR count). The summed E-state index contributed by atoms with van der Waals surface area (Å²) in [5.74, 6) is 0.738. The van der Waals surface area contributed by atoms with E-state index in [9.17, 15) is 4.79 Å². The number of carbonyl (C=O) groups is 1. The highest BCUT2D eigenvalue weighted by molar-refractivity contribution is 5.79. The molecular weight excluding hydrogens is 220 g/mol. The molecule has 0 aliphatic carbocycles. The summed E-state index contributed by atoms with van der Waals surface area (Å²) in [5.41, 5.74) is -0.448. The van der Waals surface area contributed by atoms with Crippen LogP contribution in [-0.2, 0) is 4.74 Å². The Kier molecular flexibility index (Phi) is 7.09. The van der Waals surface area contributed by atoms with Crippen LogP contribution in [0, 0.1) is 0 Å². The molecule has 0 spiro atoms. The van der Waals surface area contributed by atoms with Crippen LogP contribution >= 0.6 is 0 Å². The molecule has 1 amide bonds. The van der Waals surface area contributed by atoms with Crippen molar-refractivity contribution < 1.29 is 9.53 Å². The van der Waals surface area contributed by atoms with E-state index in [1.54, 1.807) is 14.1 Å². The van der Waals surface area contributed by atoms with Crippen LogP contribution in [0.25, 0.3) is 0 Å². The minimum Gasteiger partial charge on any atom is -0.444 e. The van der Waals surface area contributed by atoms with Gasteiger partial charge in [-0.2, -0.15) is 0 Å². The van der Waals surface area contributed by atoms with Crippen LogP contribution in [0.3, 0.4) is 0 Å². The van der Waals surface area contributed by atoms with E-state index in [-0.39, 0.29) is 6.09 Å². The van der Waals surface area contributed by atoms with E-state index in [1.807, 2.05) is 20.8 Å². The van der Waals surface area contributed by atoms with Crippen molar-refractivity contribution >= 4 is 12.1 Å². The molecule has 0 atom stereocenters. The van der Waals surface area contributed by atoms with Gasteiger partial charge in [0, 0.05) is 27.2 Å². The molecule has 0 aromatic heterocycles. The summed E-state index contributed by atoms with van der Waals surface area (Å²) in [4.78, 5) is 15.2. The molecule has 6 heteroatoms. The zero-order chi connectivity index (χ0) is 13.3. The van der Waals surface area contributed by atoms with Crippen molar-refractivity contribution in [2.24, 2.45) is 4.99 Å². The lowest BCUT2D eigenvalue weighted by molar-refractivity contribution is 0.0527. The predicted molar refractivity (Wildman–Crippen MR) is 69.3 cm³/mol. The van der Waals surface area contributed by atoms with Crippen molar-refractivity contribution in [2.75, 3.05) is 27.2 Å². The van der Waals surface area contributed by atoms with Crippen LogP contribution in [0.4, 0.5) is 4.79 Å². The number of amides is 1. The highest BCUT2D eigenvalue weighted by atomic mass is 16.6. The first kappa shape index (κ1) is 15.5. The molecule has 3 N–H and O–H groups in total. The molecule has 0 aliphatic rings. The number of hydrogen-bond acceptors (Lipinski definition) is 3. The standard InChI is InChI=1S/C11H24N4O2/c1-11(2,3)17-10(16)15-8-6-7-14-9(12-4)13-5/h6-8H2,1-5H3,(H,15,16)(H2,12,13,14). The van der Waals surface area contributed by atoms with Crippen molar-refractivity contribution in [3.63, 3.8) is 0 Å². The molecule has 100 valence electrons. The molecule has 0 saturated heterocycles. The van der Waals surface area contributed by atoms with Crippen molar-refractivity contribution in [1.82, 2.24) is 16.0 Å². The minimum atomic E-state index is -0.448. The molecule has 0 heterocycles. The molecule has 0 aromatic rings. The van der Waals surface area contributed by atoms with Crippen molar-refractivity contribution in [2.45, 2.75) is 32.8 Å². The maximum Gasteiger partial charge on any atom is 0.407 e. The fourth-order valence-electron chi connectivity index (χ4n) is 1.08. The minimum absolute atomic E-state index is 0.379. The second-order valence-electron chi connectivity index (χ2n) is 4.53. The van der Waals surface area contributed by atoms with Gasteiger partial charge in [0.1, 0.15) is 5.60 Å². The normalized spacial score (nSPS) is 11.9. The summed E-state index contributed by atoms with van der Waals surface area (Å²) in [6.45, 7) is 6.83. The van der Waals surface area contributed by atoms with Gasteiger partial charge in [0.05, 0.1) is 0 Å². The molecule has 0 radical (unpaired) electrons. The van der Waals surface area contributed by atoms with E-state index in [0.29, 0.717) is 6.54 Å². The van der Waals surface area contributed by atoms with Gasteiger partial charge < -0.3 is 20.7 Å². The van der Waals surface area contributed by atoms with E-state index in [4.69, 9.17) is 4.74 Å². The summed E-state index contributed by atoms with van der Waals surface area (Å²) in [7, 11) is 3.51. The van der Waals surface area contributed by atoms with Gasteiger partial charge in [-0.3, -0.25) is 4.99 Å². The van der Waals surface area contributed by atoms with Gasteiger partial charge in [0.15, 0.2) is 5.96 Å². The summed E-state index contributed by atoms with van der Waals surface area (Å²) in [6.07, 6.45) is 0.426. The SMILES string of the molecule is CN=C(NC)NCCCNC(=O)OC(C)(C)C. The Labute approximate surface area is 103 Å². The summed E-state index contributed by atoms with van der Waals surface area (Å²) < 4.78 is 5.10. The predicted octanol–water partition coefficient (Wildman–Crippen LogP) is 0.696. The van der Waals surface area contributed by atoms with Gasteiger partial charge in [0.25, 0.3) is 0 Å². The van der Waals surface area contributed by atoms with Gasteiger partial charge in [-0.15, -0.1) is 0 Å². The molecule has 0 saturated carbocycles. The monoisotopic (exact) mass is 244 g/mol. The maximum absolute atomic E-state index is 11.3. The Morgan fingerprint density at radius 2 is 1.82 bits per heavy atom. The first-order chi connectivity index (χ1) is 7.89. The Hall–Kier alpha value is -1.46. The molecule has 0 aromatic carbocycles. The number of hydrogen-bond donors (Lipinski definition) is 3. The van der Waals surface area contributed by atoms with E-state index < -0.39 is 5.60 Å². The molecule has 0 unspecified atom stereocenters. The fourth-order valence-corrected chi connectivity index (χ4v) is 1.08. The molecule has 0 fully saturated rings. The van der Waals surface area contributed by atoms with Crippen molar-refractivity contribution in [3.8, 4) is 0 Å². The second-order valence-corrected chi connectivity index (χ2v) is 4.53. The lowest BCUT2D eigenvalue weighted by Crippen LogP contribution is -2.37. The lowest BCUT2D eigenvalue weighted by atomic mass is 10.2. The quantitative estimate of drug-likeness (QED) is 0.386. The van der Waals surface area contributed by atoms with E-state index in [1.165, 1.54) is 0 Å². The van der Waals surface area contributed by atoms with Crippen LogP contribution in [0.2, 0.25) is 0 Å². The topological polar surface area (TPSA) is 74.8 Å². The number of ether oxygens (including phenoxy) is 1. The van der Waals surface area contributed by atoms with Crippen molar-refractivity contribution in [3.05, 3.63) is 0 Å². The molecule has 0 bridgehead atoms. The third kappa shape index (κ3) is 9.47. The highest BCUT2D eigenvalue weighted by Gasteiger charge is 2.15. The Morgan fingerprint density at radius 3 is 2.29 bits per heavy atom. The second kappa shape index (κ2) is 7.76. The first-order valence-electron chi connectivity index (χ1n) is 5.74. The van der Waals surface area contributed by atoms with Crippen LogP contribution in [0.15, 0.2) is 4.99 Å². The van der Waals surface area contributed by atoms with Crippen molar-refractivity contribution in [1.29, 1.82) is 0 Å². The number of nitrogens with zero attached hydrogens (tertiary/aromatic N) is 1. The lowest BCUT2D eigenvalue weighted by Gasteiger charge is -2.19. The van der Waals surface area contributed by atoms with E-state index in [0.717, 1.165) is 18.9 Å². The maximum atomic E-state index is 11.3. The number of aliphatic imine (C=N–C) groups is 1. The molecule has 0 aliphatic heterocycles. The number of alkyl carbamates (subject to hydrolysis) is 1. The Morgan fingerprint density at radius 1 is 1.24 bits per heavy atom. The number of rotatable bonds is 4. The summed E-state index contributed by atoms with van der Waals surface area (Å²) >= 11 is 0. The Balaban J connectivity index is 3.56. The van der Waals surface area contributed by atoms with Gasteiger partial charge in [-0.25, -0.2) is 4.79 Å². The van der Waals surface area contributed by atoms with E-state index >= 15 is 0 Å². The van der Waals surface area contributed by atoms with Gasteiger partial charge in [-0.1, -0.05) is 0 Å². The molecule has 17 heavy (non-hydrogen) atoms. The third-order valence-corrected chi connectivity index (χ3v) is 1.77. The number of guanidine groups is 1. The van der Waals surface area contributed by atoms with Crippen LogP contribution in [0.1, 0.15) is 27.2 Å². The molecular formula is C11H24N4O2. The first-order valence-corrected chi connectivity index (χ1v) is 5.74. The van der Waals surface area contributed by atoms with E-state index in [2.05, 4.69) is 20.9 Å². The average molecular weight is 244 g/mol. The Bertz CT molecular complexity index is 259. The highest BCUT2D eigenvalue weighted by Crippen LogP contribution is 2.06. The fraction of sp³-hybridized carbons (Fsp3) is 0.818. The zero-order valence-corrected chi connectivity index (χ0v) is 11.4. The number of nitrogens with one attached hydrogen (secondary N) is 3. The molecule has 6 nitrogen and oxygen atoms in total. The van der Waals surface area contributed by atoms with Crippen LogP contribution < -0.4 is 16.0 Å². The largest absolute Gasteiger partial charge is 0.444 e. The zero-order valence-electron chi connectivity index (χ0n) is 11.4. The average Bonchev–Trinajstić information content (AvgIpc) is 2.21. The smallest absolute Gasteiger partial charge is 0.407 e. The van der Waals surface area contributed by atoms with Gasteiger partial charge in [0.2, 0.25) is 0 Å². The third-order valence-electron chi connectivity index (χ3n) is 1.77. The number of carbonyl (C=O) groups excluding carboxylic acids is 1. The van der Waals surface area contributed by atoms with Crippen LogP contribution in [-0.4, -0.2) is 44.8 Å². The summed E-state index contributed by atoms with van der Waals surface area (Å²) in [6, 6.07) is 0. The van der Waals surface area contributed by atoms with Gasteiger partial charge in [-0.05, 0) is 27.2 Å². The summed E-state index contributed by atoms with van der Waals surface area (Å²) in [5, 5.41) is 8.68.